The molecule has 1 saturated heterocycles. The van der Waals surface area contributed by atoms with Crippen LogP contribution in [0.2, 0.25) is 5.02 Å². The molecule has 1 aliphatic rings. The SMILES string of the molecule is CC1(CN)CN(Cc2ccccc2Cl)C(=O)CO1. The molecule has 2 rings (SSSR count). The second-order valence-electron chi connectivity index (χ2n) is 4.78. The van der Waals surface area contributed by atoms with Crippen LogP contribution in [0, 0.1) is 0 Å². The van der Waals surface area contributed by atoms with Crippen LogP contribution in [0.15, 0.2) is 24.3 Å². The van der Waals surface area contributed by atoms with Gasteiger partial charge in [0.25, 0.3) is 0 Å². The average molecular weight is 269 g/mol. The Morgan fingerprint density at radius 3 is 2.89 bits per heavy atom. The summed E-state index contributed by atoms with van der Waals surface area (Å²) in [6, 6.07) is 7.53. The zero-order valence-corrected chi connectivity index (χ0v) is 11.1. The summed E-state index contributed by atoms with van der Waals surface area (Å²) in [4.78, 5) is 13.6. The Morgan fingerprint density at radius 1 is 1.50 bits per heavy atom. The van der Waals surface area contributed by atoms with Crippen LogP contribution in [0.25, 0.3) is 0 Å². The molecule has 1 unspecified atom stereocenters. The molecule has 0 saturated carbocycles. The quantitative estimate of drug-likeness (QED) is 0.902. The Labute approximate surface area is 112 Å². The zero-order chi connectivity index (χ0) is 13.2. The Bertz CT molecular complexity index is 452. The van der Waals surface area contributed by atoms with E-state index >= 15 is 0 Å². The molecule has 98 valence electrons. The second-order valence-corrected chi connectivity index (χ2v) is 5.19. The molecule has 0 bridgehead atoms. The van der Waals surface area contributed by atoms with Crippen molar-refractivity contribution in [2.45, 2.75) is 19.1 Å². The van der Waals surface area contributed by atoms with Gasteiger partial charge >= 0.3 is 0 Å². The fraction of sp³-hybridized carbons (Fsp3) is 0.462. The van der Waals surface area contributed by atoms with Crippen molar-refractivity contribution in [2.24, 2.45) is 5.73 Å². The zero-order valence-electron chi connectivity index (χ0n) is 10.4. The molecule has 0 spiro atoms. The van der Waals surface area contributed by atoms with E-state index in [4.69, 9.17) is 22.1 Å². The van der Waals surface area contributed by atoms with Gasteiger partial charge in [0, 0.05) is 18.1 Å². The third-order valence-corrected chi connectivity index (χ3v) is 3.54. The standard InChI is InChI=1S/C13H17ClN2O2/c1-13(8-15)9-16(12(17)7-18-13)6-10-4-2-3-5-11(10)14/h2-5H,6-9,15H2,1H3. The van der Waals surface area contributed by atoms with Crippen LogP contribution in [0.1, 0.15) is 12.5 Å². The van der Waals surface area contributed by atoms with Crippen molar-refractivity contribution in [1.29, 1.82) is 0 Å². The van der Waals surface area contributed by atoms with E-state index in [1.54, 1.807) is 4.90 Å². The predicted molar refractivity (Wildman–Crippen MR) is 70.3 cm³/mol. The molecule has 2 N–H and O–H groups in total. The molecule has 1 atom stereocenters. The van der Waals surface area contributed by atoms with E-state index in [1.165, 1.54) is 0 Å². The number of nitrogens with two attached hydrogens (primary N) is 1. The third-order valence-electron chi connectivity index (χ3n) is 3.17. The largest absolute Gasteiger partial charge is 0.362 e. The lowest BCUT2D eigenvalue weighted by Gasteiger charge is -2.39. The summed E-state index contributed by atoms with van der Waals surface area (Å²) >= 11 is 6.10. The van der Waals surface area contributed by atoms with Gasteiger partial charge in [-0.2, -0.15) is 0 Å². The first-order chi connectivity index (χ1) is 8.54. The summed E-state index contributed by atoms with van der Waals surface area (Å²) < 4.78 is 5.48. The summed E-state index contributed by atoms with van der Waals surface area (Å²) in [5, 5.41) is 0.672. The van der Waals surface area contributed by atoms with Gasteiger partial charge in [-0.15, -0.1) is 0 Å². The van der Waals surface area contributed by atoms with E-state index in [0.717, 1.165) is 5.56 Å². The molecule has 1 aromatic rings. The Morgan fingerprint density at radius 2 is 2.22 bits per heavy atom. The molecule has 1 amide bonds. The normalized spacial score (nSPS) is 24.4. The molecule has 0 aliphatic carbocycles. The second kappa shape index (κ2) is 5.26. The predicted octanol–water partition coefficient (Wildman–Crippen LogP) is 1.42. The van der Waals surface area contributed by atoms with Crippen LogP contribution in [0.4, 0.5) is 0 Å². The first-order valence-electron chi connectivity index (χ1n) is 5.89. The molecule has 1 aliphatic heterocycles. The van der Waals surface area contributed by atoms with Gasteiger partial charge < -0.3 is 15.4 Å². The molecule has 0 aromatic heterocycles. The van der Waals surface area contributed by atoms with Crippen molar-refractivity contribution >= 4 is 17.5 Å². The highest BCUT2D eigenvalue weighted by Gasteiger charge is 2.34. The van der Waals surface area contributed by atoms with Gasteiger partial charge in [-0.3, -0.25) is 4.79 Å². The van der Waals surface area contributed by atoms with Crippen molar-refractivity contribution in [2.75, 3.05) is 19.7 Å². The minimum Gasteiger partial charge on any atom is -0.362 e. The van der Waals surface area contributed by atoms with Gasteiger partial charge in [-0.25, -0.2) is 0 Å². The topological polar surface area (TPSA) is 55.6 Å². The minimum absolute atomic E-state index is 0.0270. The third kappa shape index (κ3) is 2.83. The lowest BCUT2D eigenvalue weighted by atomic mass is 10.0. The first kappa shape index (κ1) is 13.3. The summed E-state index contributed by atoms with van der Waals surface area (Å²) in [7, 11) is 0. The molecule has 1 aromatic carbocycles. The number of amides is 1. The number of ether oxygens (including phenoxy) is 1. The maximum Gasteiger partial charge on any atom is 0.249 e. The van der Waals surface area contributed by atoms with Crippen LogP contribution in [-0.4, -0.2) is 36.1 Å². The number of morpholine rings is 1. The van der Waals surface area contributed by atoms with E-state index < -0.39 is 5.60 Å². The van der Waals surface area contributed by atoms with Crippen molar-refractivity contribution in [3.8, 4) is 0 Å². The molecular weight excluding hydrogens is 252 g/mol. The molecule has 0 radical (unpaired) electrons. The van der Waals surface area contributed by atoms with Crippen LogP contribution >= 0.6 is 11.6 Å². The lowest BCUT2D eigenvalue weighted by Crippen LogP contribution is -2.56. The summed E-state index contributed by atoms with van der Waals surface area (Å²) in [6.45, 7) is 3.38. The maximum atomic E-state index is 11.8. The molecule has 4 nitrogen and oxygen atoms in total. The molecule has 1 heterocycles. The highest BCUT2D eigenvalue weighted by atomic mass is 35.5. The Balaban J connectivity index is 2.12. The average Bonchev–Trinajstić information content (AvgIpc) is 2.37. The van der Waals surface area contributed by atoms with Crippen molar-refractivity contribution < 1.29 is 9.53 Å². The number of hydrogen-bond acceptors (Lipinski definition) is 3. The van der Waals surface area contributed by atoms with Gasteiger partial charge in [-0.1, -0.05) is 29.8 Å². The van der Waals surface area contributed by atoms with Crippen molar-refractivity contribution in [1.82, 2.24) is 4.90 Å². The van der Waals surface area contributed by atoms with E-state index in [1.807, 2.05) is 31.2 Å². The molecule has 1 fully saturated rings. The first-order valence-corrected chi connectivity index (χ1v) is 6.27. The maximum absolute atomic E-state index is 11.8. The van der Waals surface area contributed by atoms with E-state index in [2.05, 4.69) is 0 Å². The number of rotatable bonds is 3. The van der Waals surface area contributed by atoms with Crippen molar-refractivity contribution in [3.63, 3.8) is 0 Å². The minimum atomic E-state index is -0.463. The smallest absolute Gasteiger partial charge is 0.249 e. The van der Waals surface area contributed by atoms with Crippen LogP contribution in [0.3, 0.4) is 0 Å². The lowest BCUT2D eigenvalue weighted by molar-refractivity contribution is -0.160. The number of carbonyl (C=O) groups is 1. The fourth-order valence-corrected chi connectivity index (χ4v) is 2.16. The summed E-state index contributed by atoms with van der Waals surface area (Å²) in [5.74, 6) is -0.0270. The van der Waals surface area contributed by atoms with Gasteiger partial charge in [0.2, 0.25) is 5.91 Å². The summed E-state index contributed by atoms with van der Waals surface area (Å²) in [6.07, 6.45) is 0. The summed E-state index contributed by atoms with van der Waals surface area (Å²) in [5.41, 5.74) is 6.15. The van der Waals surface area contributed by atoms with Crippen LogP contribution < -0.4 is 5.73 Å². The van der Waals surface area contributed by atoms with E-state index in [-0.39, 0.29) is 12.5 Å². The molecular formula is C13H17ClN2O2. The van der Waals surface area contributed by atoms with Gasteiger partial charge in [0.15, 0.2) is 0 Å². The fourth-order valence-electron chi connectivity index (χ4n) is 1.96. The monoisotopic (exact) mass is 268 g/mol. The number of benzene rings is 1. The number of halogens is 1. The highest BCUT2D eigenvalue weighted by Crippen LogP contribution is 2.22. The number of carbonyl (C=O) groups excluding carboxylic acids is 1. The molecule has 18 heavy (non-hydrogen) atoms. The van der Waals surface area contributed by atoms with Crippen LogP contribution in [0.5, 0.6) is 0 Å². The Hall–Kier alpha value is -1.10. The van der Waals surface area contributed by atoms with Gasteiger partial charge in [0.1, 0.15) is 6.61 Å². The highest BCUT2D eigenvalue weighted by molar-refractivity contribution is 6.31. The number of hydrogen-bond donors (Lipinski definition) is 1. The van der Waals surface area contributed by atoms with Gasteiger partial charge in [0.05, 0.1) is 12.1 Å². The van der Waals surface area contributed by atoms with E-state index in [0.29, 0.717) is 24.7 Å². The van der Waals surface area contributed by atoms with E-state index in [9.17, 15) is 4.79 Å². The molecule has 5 heteroatoms. The van der Waals surface area contributed by atoms with Crippen LogP contribution in [-0.2, 0) is 16.1 Å². The Kier molecular flexibility index (Phi) is 3.90. The van der Waals surface area contributed by atoms with Crippen molar-refractivity contribution in [3.05, 3.63) is 34.9 Å². The number of nitrogens with zero attached hydrogens (tertiary/aromatic N) is 1. The van der Waals surface area contributed by atoms with Gasteiger partial charge in [-0.05, 0) is 18.6 Å².